The molecule has 1 spiro atoms. The maximum Gasteiger partial charge on any atom is 0.345 e. The summed E-state index contributed by atoms with van der Waals surface area (Å²) in [6.07, 6.45) is 3.56. The van der Waals surface area contributed by atoms with Crippen LogP contribution in [0, 0.1) is 0 Å². The molecule has 4 nitrogen and oxygen atoms in total. The van der Waals surface area contributed by atoms with Crippen molar-refractivity contribution in [3.05, 3.63) is 0 Å². The SMILES string of the molecule is O=C1[N]C(=O)C2(CCCC2)N1. The van der Waals surface area contributed by atoms with E-state index >= 15 is 0 Å². The summed E-state index contributed by atoms with van der Waals surface area (Å²) in [4.78, 5) is 21.9. The largest absolute Gasteiger partial charge is 0.345 e. The molecule has 1 radical (unpaired) electrons. The van der Waals surface area contributed by atoms with Gasteiger partial charge in [0.15, 0.2) is 0 Å². The molecule has 1 N–H and O–H groups in total. The minimum atomic E-state index is -0.586. The van der Waals surface area contributed by atoms with Crippen LogP contribution in [0.15, 0.2) is 0 Å². The van der Waals surface area contributed by atoms with E-state index in [1.807, 2.05) is 0 Å². The van der Waals surface area contributed by atoms with Gasteiger partial charge in [0.25, 0.3) is 5.91 Å². The summed E-state index contributed by atoms with van der Waals surface area (Å²) in [5.74, 6) is -0.264. The van der Waals surface area contributed by atoms with Gasteiger partial charge in [-0.3, -0.25) is 4.79 Å². The number of hydrogen-bond donors (Lipinski definition) is 1. The Balaban J connectivity index is 2.24. The standard InChI is InChI=1S/C7H9N2O2/c10-5-7(3-1-2-4-7)9-6(11)8-5/h1-4H2,(H,9,11). The molecule has 0 unspecified atom stereocenters. The zero-order valence-corrected chi connectivity index (χ0v) is 6.09. The summed E-state index contributed by atoms with van der Waals surface area (Å²) in [6, 6.07) is -0.461. The van der Waals surface area contributed by atoms with Crippen LogP contribution in [-0.4, -0.2) is 17.5 Å². The molecule has 2 aliphatic rings. The van der Waals surface area contributed by atoms with Crippen LogP contribution in [0.4, 0.5) is 4.79 Å². The lowest BCUT2D eigenvalue weighted by molar-refractivity contribution is -0.124. The van der Waals surface area contributed by atoms with E-state index in [9.17, 15) is 9.59 Å². The average molecular weight is 153 g/mol. The smallest absolute Gasteiger partial charge is 0.322 e. The Bertz CT molecular complexity index is 218. The fourth-order valence-corrected chi connectivity index (χ4v) is 1.80. The molecule has 3 amide bonds. The van der Waals surface area contributed by atoms with Gasteiger partial charge in [-0.15, -0.1) is 0 Å². The Kier molecular flexibility index (Phi) is 1.19. The van der Waals surface area contributed by atoms with Gasteiger partial charge in [0.05, 0.1) is 0 Å². The fourth-order valence-electron chi connectivity index (χ4n) is 1.80. The Morgan fingerprint density at radius 2 is 1.91 bits per heavy atom. The van der Waals surface area contributed by atoms with Crippen molar-refractivity contribution in [2.75, 3.05) is 0 Å². The molecular formula is C7H9N2O2. The Morgan fingerprint density at radius 1 is 1.27 bits per heavy atom. The average Bonchev–Trinajstić information content (AvgIpc) is 2.45. The first-order valence-corrected chi connectivity index (χ1v) is 3.81. The molecule has 1 aliphatic carbocycles. The normalized spacial score (nSPS) is 27.3. The molecule has 1 saturated carbocycles. The first-order chi connectivity index (χ1) is 5.23. The first-order valence-electron chi connectivity index (χ1n) is 3.81. The highest BCUT2D eigenvalue weighted by molar-refractivity contribution is 6.06. The fraction of sp³-hybridized carbons (Fsp3) is 0.714. The zero-order valence-electron chi connectivity index (χ0n) is 6.09. The third kappa shape index (κ3) is 0.818. The van der Waals surface area contributed by atoms with Gasteiger partial charge in [-0.1, -0.05) is 12.8 Å². The molecule has 2 rings (SSSR count). The Labute approximate surface area is 64.3 Å². The van der Waals surface area contributed by atoms with Crippen LogP contribution in [0.25, 0.3) is 0 Å². The third-order valence-corrected chi connectivity index (χ3v) is 2.42. The maximum absolute atomic E-state index is 11.2. The molecule has 0 aromatic heterocycles. The quantitative estimate of drug-likeness (QED) is 0.504. The summed E-state index contributed by atoms with van der Waals surface area (Å²) in [5, 5.41) is 5.96. The van der Waals surface area contributed by atoms with Crippen LogP contribution in [0.1, 0.15) is 25.7 Å². The lowest BCUT2D eigenvalue weighted by atomic mass is 9.99. The van der Waals surface area contributed by atoms with E-state index in [4.69, 9.17) is 0 Å². The van der Waals surface area contributed by atoms with Gasteiger partial charge in [-0.05, 0) is 12.8 Å². The van der Waals surface area contributed by atoms with Gasteiger partial charge in [-0.2, -0.15) is 5.32 Å². The monoisotopic (exact) mass is 153 g/mol. The van der Waals surface area contributed by atoms with Gasteiger partial charge in [-0.25, -0.2) is 4.79 Å². The van der Waals surface area contributed by atoms with E-state index in [1.165, 1.54) is 0 Å². The summed E-state index contributed by atoms with van der Waals surface area (Å²) in [6.45, 7) is 0. The highest BCUT2D eigenvalue weighted by Crippen LogP contribution is 2.32. The van der Waals surface area contributed by atoms with E-state index in [1.54, 1.807) is 0 Å². The first kappa shape index (κ1) is 6.64. The van der Waals surface area contributed by atoms with Gasteiger partial charge in [0, 0.05) is 0 Å². The highest BCUT2D eigenvalue weighted by Gasteiger charge is 2.48. The van der Waals surface area contributed by atoms with Crippen LogP contribution >= 0.6 is 0 Å². The molecule has 0 aromatic rings. The van der Waals surface area contributed by atoms with Crippen LogP contribution < -0.4 is 10.6 Å². The van der Waals surface area contributed by atoms with Crippen LogP contribution in [0.2, 0.25) is 0 Å². The molecule has 1 heterocycles. The minimum absolute atomic E-state index is 0.264. The van der Waals surface area contributed by atoms with Crippen molar-refractivity contribution in [3.63, 3.8) is 0 Å². The minimum Gasteiger partial charge on any atom is -0.322 e. The zero-order chi connectivity index (χ0) is 7.90. The third-order valence-electron chi connectivity index (χ3n) is 2.42. The van der Waals surface area contributed by atoms with Crippen LogP contribution in [0.5, 0.6) is 0 Å². The van der Waals surface area contributed by atoms with Gasteiger partial charge < -0.3 is 5.32 Å². The number of imide groups is 1. The summed E-state index contributed by atoms with van der Waals surface area (Å²) >= 11 is 0. The summed E-state index contributed by atoms with van der Waals surface area (Å²) in [7, 11) is 0. The number of carbonyl (C=O) groups excluding carboxylic acids is 2. The molecule has 59 valence electrons. The molecule has 1 saturated heterocycles. The number of rotatable bonds is 0. The molecule has 0 bridgehead atoms. The van der Waals surface area contributed by atoms with E-state index in [-0.39, 0.29) is 5.91 Å². The predicted molar refractivity (Wildman–Crippen MR) is 36.9 cm³/mol. The van der Waals surface area contributed by atoms with E-state index < -0.39 is 11.6 Å². The van der Waals surface area contributed by atoms with Crippen LogP contribution in [-0.2, 0) is 4.79 Å². The van der Waals surface area contributed by atoms with E-state index in [0.717, 1.165) is 25.7 Å². The topological polar surface area (TPSA) is 60.3 Å². The van der Waals surface area contributed by atoms with Crippen LogP contribution in [0.3, 0.4) is 0 Å². The molecule has 1 aliphatic heterocycles. The molecule has 0 aromatic carbocycles. The molecule has 2 fully saturated rings. The lowest BCUT2D eigenvalue weighted by Gasteiger charge is -2.17. The lowest BCUT2D eigenvalue weighted by Crippen LogP contribution is -2.43. The number of amides is 3. The van der Waals surface area contributed by atoms with Crippen molar-refractivity contribution in [3.8, 4) is 0 Å². The second kappa shape index (κ2) is 1.96. The number of urea groups is 1. The molecule has 0 atom stereocenters. The summed E-state index contributed by atoms with van der Waals surface area (Å²) in [5.41, 5.74) is -0.586. The number of nitrogens with one attached hydrogen (secondary N) is 1. The van der Waals surface area contributed by atoms with E-state index in [0.29, 0.717) is 0 Å². The predicted octanol–water partition coefficient (Wildman–Crippen LogP) is 0.153. The van der Waals surface area contributed by atoms with E-state index in [2.05, 4.69) is 10.6 Å². The van der Waals surface area contributed by atoms with Gasteiger partial charge >= 0.3 is 6.03 Å². The molecule has 4 heteroatoms. The van der Waals surface area contributed by atoms with Gasteiger partial charge in [0.1, 0.15) is 5.54 Å². The van der Waals surface area contributed by atoms with Crippen molar-refractivity contribution in [1.29, 1.82) is 0 Å². The van der Waals surface area contributed by atoms with Gasteiger partial charge in [0.2, 0.25) is 0 Å². The number of hydrogen-bond acceptors (Lipinski definition) is 2. The summed E-state index contributed by atoms with van der Waals surface area (Å²) < 4.78 is 0. The van der Waals surface area contributed by atoms with Crippen molar-refractivity contribution in [1.82, 2.24) is 10.6 Å². The number of nitrogens with zero attached hydrogens (tertiary/aromatic N) is 1. The Morgan fingerprint density at radius 3 is 2.36 bits per heavy atom. The number of carbonyl (C=O) groups is 2. The second-order valence-corrected chi connectivity index (χ2v) is 3.14. The second-order valence-electron chi connectivity index (χ2n) is 3.14. The van der Waals surface area contributed by atoms with Crippen molar-refractivity contribution in [2.24, 2.45) is 0 Å². The van der Waals surface area contributed by atoms with Crippen molar-refractivity contribution >= 4 is 11.9 Å². The maximum atomic E-state index is 11.2. The highest BCUT2D eigenvalue weighted by atomic mass is 16.2. The van der Waals surface area contributed by atoms with Crippen molar-refractivity contribution in [2.45, 2.75) is 31.2 Å². The Hall–Kier alpha value is -1.06. The molecular weight excluding hydrogens is 144 g/mol. The van der Waals surface area contributed by atoms with Crippen molar-refractivity contribution < 1.29 is 9.59 Å². The molecule has 11 heavy (non-hydrogen) atoms.